The molecule has 1 aliphatic heterocycles. The molecule has 1 N–H and O–H groups in total. The fourth-order valence-corrected chi connectivity index (χ4v) is 2.55. The van der Waals surface area contributed by atoms with Crippen molar-refractivity contribution in [2.24, 2.45) is 0 Å². The molecule has 1 aromatic rings. The van der Waals surface area contributed by atoms with Crippen LogP contribution in [0.15, 0.2) is 24.3 Å². The van der Waals surface area contributed by atoms with Crippen LogP contribution >= 0.6 is 0 Å². The van der Waals surface area contributed by atoms with Gasteiger partial charge in [0.2, 0.25) is 5.91 Å². The standard InChI is InChI=1S/C16H22N2O3/c1-11(2)12-6-8-13(9-7-12)17-15(19)14-5-4-10-18(14)16(20)21-3/h6-9,11,14H,4-5,10H2,1-3H3,(H,17,19). The average molecular weight is 290 g/mol. The summed E-state index contributed by atoms with van der Waals surface area (Å²) in [6.07, 6.45) is 1.05. The zero-order valence-corrected chi connectivity index (χ0v) is 12.8. The van der Waals surface area contributed by atoms with Crippen LogP contribution in [0.25, 0.3) is 0 Å². The molecule has 0 aromatic heterocycles. The molecule has 1 saturated heterocycles. The van der Waals surface area contributed by atoms with Crippen LogP contribution in [-0.2, 0) is 9.53 Å². The van der Waals surface area contributed by atoms with Crippen LogP contribution < -0.4 is 5.32 Å². The number of hydrogen-bond acceptors (Lipinski definition) is 3. The van der Waals surface area contributed by atoms with Gasteiger partial charge in [-0.05, 0) is 36.5 Å². The van der Waals surface area contributed by atoms with Crippen molar-refractivity contribution in [1.29, 1.82) is 0 Å². The van der Waals surface area contributed by atoms with Crippen molar-refractivity contribution in [2.75, 3.05) is 19.0 Å². The number of hydrogen-bond donors (Lipinski definition) is 1. The minimum Gasteiger partial charge on any atom is -0.453 e. The molecule has 0 radical (unpaired) electrons. The SMILES string of the molecule is COC(=O)N1CCCC1C(=O)Nc1ccc(C(C)C)cc1. The molecule has 2 rings (SSSR count). The van der Waals surface area contributed by atoms with E-state index in [2.05, 4.69) is 19.2 Å². The molecule has 0 saturated carbocycles. The highest BCUT2D eigenvalue weighted by molar-refractivity contribution is 5.96. The molecule has 5 nitrogen and oxygen atoms in total. The number of benzene rings is 1. The van der Waals surface area contributed by atoms with Crippen molar-refractivity contribution in [1.82, 2.24) is 4.90 Å². The smallest absolute Gasteiger partial charge is 0.410 e. The fraction of sp³-hybridized carbons (Fsp3) is 0.500. The lowest BCUT2D eigenvalue weighted by atomic mass is 10.0. The van der Waals surface area contributed by atoms with Gasteiger partial charge in [-0.15, -0.1) is 0 Å². The maximum absolute atomic E-state index is 12.3. The van der Waals surface area contributed by atoms with Crippen LogP contribution in [0.4, 0.5) is 10.5 Å². The van der Waals surface area contributed by atoms with E-state index in [0.717, 1.165) is 12.1 Å². The first-order valence-electron chi connectivity index (χ1n) is 7.28. The van der Waals surface area contributed by atoms with Gasteiger partial charge in [0.25, 0.3) is 0 Å². The van der Waals surface area contributed by atoms with E-state index in [1.54, 1.807) is 0 Å². The van der Waals surface area contributed by atoms with Crippen molar-refractivity contribution in [3.05, 3.63) is 29.8 Å². The van der Waals surface area contributed by atoms with Gasteiger partial charge in [-0.3, -0.25) is 9.69 Å². The topological polar surface area (TPSA) is 58.6 Å². The van der Waals surface area contributed by atoms with Gasteiger partial charge < -0.3 is 10.1 Å². The molecule has 1 fully saturated rings. The van der Waals surface area contributed by atoms with Crippen LogP contribution in [0, 0.1) is 0 Å². The first kappa shape index (κ1) is 15.4. The summed E-state index contributed by atoms with van der Waals surface area (Å²) in [5.41, 5.74) is 1.98. The number of methoxy groups -OCH3 is 1. The molecule has 0 spiro atoms. The lowest BCUT2D eigenvalue weighted by Gasteiger charge is -2.22. The normalized spacial score (nSPS) is 17.9. The molecule has 1 heterocycles. The highest BCUT2D eigenvalue weighted by Crippen LogP contribution is 2.21. The Labute approximate surface area is 125 Å². The Hall–Kier alpha value is -2.04. The molecule has 1 unspecified atom stereocenters. The predicted octanol–water partition coefficient (Wildman–Crippen LogP) is 2.98. The van der Waals surface area contributed by atoms with E-state index >= 15 is 0 Å². The van der Waals surface area contributed by atoms with Gasteiger partial charge in [0, 0.05) is 12.2 Å². The number of carbonyl (C=O) groups is 2. The second-order valence-electron chi connectivity index (χ2n) is 5.59. The van der Waals surface area contributed by atoms with Crippen molar-refractivity contribution in [2.45, 2.75) is 38.6 Å². The summed E-state index contributed by atoms with van der Waals surface area (Å²) in [5, 5.41) is 2.87. The third kappa shape index (κ3) is 3.54. The van der Waals surface area contributed by atoms with Crippen LogP contribution in [0.3, 0.4) is 0 Å². The van der Waals surface area contributed by atoms with Crippen LogP contribution in [-0.4, -0.2) is 36.6 Å². The molecule has 5 heteroatoms. The molecule has 114 valence electrons. The third-order valence-corrected chi connectivity index (χ3v) is 3.81. The van der Waals surface area contributed by atoms with Crippen LogP contribution in [0.5, 0.6) is 0 Å². The van der Waals surface area contributed by atoms with E-state index in [0.29, 0.717) is 18.9 Å². The minimum absolute atomic E-state index is 0.157. The second-order valence-corrected chi connectivity index (χ2v) is 5.59. The Morgan fingerprint density at radius 1 is 1.29 bits per heavy atom. The summed E-state index contributed by atoms with van der Waals surface area (Å²) >= 11 is 0. The highest BCUT2D eigenvalue weighted by atomic mass is 16.5. The second kappa shape index (κ2) is 6.61. The van der Waals surface area contributed by atoms with E-state index in [-0.39, 0.29) is 5.91 Å². The Bertz CT molecular complexity index is 511. The Balaban J connectivity index is 2.02. The summed E-state index contributed by atoms with van der Waals surface area (Å²) in [4.78, 5) is 25.4. The van der Waals surface area contributed by atoms with Crippen molar-refractivity contribution >= 4 is 17.7 Å². The zero-order valence-electron chi connectivity index (χ0n) is 12.8. The molecule has 0 aliphatic carbocycles. The molecule has 2 amide bonds. The summed E-state index contributed by atoms with van der Waals surface area (Å²) in [7, 11) is 1.33. The van der Waals surface area contributed by atoms with E-state index in [9.17, 15) is 9.59 Å². The Morgan fingerprint density at radius 3 is 2.52 bits per heavy atom. The number of anilines is 1. The van der Waals surface area contributed by atoms with Gasteiger partial charge in [0.15, 0.2) is 0 Å². The predicted molar refractivity (Wildman–Crippen MR) is 81.3 cm³/mol. The van der Waals surface area contributed by atoms with Gasteiger partial charge in [-0.2, -0.15) is 0 Å². The molecular formula is C16H22N2O3. The number of ether oxygens (including phenoxy) is 1. The quantitative estimate of drug-likeness (QED) is 0.931. The van der Waals surface area contributed by atoms with Crippen LogP contribution in [0.1, 0.15) is 38.2 Å². The van der Waals surface area contributed by atoms with Gasteiger partial charge in [-0.25, -0.2) is 4.79 Å². The van der Waals surface area contributed by atoms with Gasteiger partial charge in [0.1, 0.15) is 6.04 Å². The number of rotatable bonds is 3. The van der Waals surface area contributed by atoms with Crippen molar-refractivity contribution in [3.8, 4) is 0 Å². The minimum atomic E-state index is -0.442. The Kier molecular flexibility index (Phi) is 4.83. The van der Waals surface area contributed by atoms with E-state index < -0.39 is 12.1 Å². The summed E-state index contributed by atoms with van der Waals surface area (Å²) < 4.78 is 4.71. The largest absolute Gasteiger partial charge is 0.453 e. The molecular weight excluding hydrogens is 268 g/mol. The first-order chi connectivity index (χ1) is 10.0. The average Bonchev–Trinajstić information content (AvgIpc) is 2.96. The number of carbonyl (C=O) groups excluding carboxylic acids is 2. The Morgan fingerprint density at radius 2 is 1.95 bits per heavy atom. The molecule has 1 aromatic carbocycles. The lowest BCUT2D eigenvalue weighted by molar-refractivity contribution is -0.119. The number of likely N-dealkylation sites (tertiary alicyclic amines) is 1. The van der Waals surface area contributed by atoms with Gasteiger partial charge >= 0.3 is 6.09 Å². The molecule has 1 aliphatic rings. The zero-order chi connectivity index (χ0) is 15.4. The summed E-state index contributed by atoms with van der Waals surface area (Å²) in [6.45, 7) is 4.82. The van der Waals surface area contributed by atoms with Crippen LogP contribution in [0.2, 0.25) is 0 Å². The fourth-order valence-electron chi connectivity index (χ4n) is 2.55. The maximum Gasteiger partial charge on any atom is 0.410 e. The van der Waals surface area contributed by atoms with E-state index in [1.807, 2.05) is 24.3 Å². The summed E-state index contributed by atoms with van der Waals surface area (Å²) in [5.74, 6) is 0.301. The van der Waals surface area contributed by atoms with Gasteiger partial charge in [-0.1, -0.05) is 26.0 Å². The monoisotopic (exact) mass is 290 g/mol. The van der Waals surface area contributed by atoms with Crippen molar-refractivity contribution in [3.63, 3.8) is 0 Å². The summed E-state index contributed by atoms with van der Waals surface area (Å²) in [6, 6.07) is 7.36. The maximum atomic E-state index is 12.3. The third-order valence-electron chi connectivity index (χ3n) is 3.81. The molecule has 1 atom stereocenters. The number of nitrogens with zero attached hydrogens (tertiary/aromatic N) is 1. The molecule has 21 heavy (non-hydrogen) atoms. The van der Waals surface area contributed by atoms with E-state index in [4.69, 9.17) is 4.74 Å². The van der Waals surface area contributed by atoms with Crippen molar-refractivity contribution < 1.29 is 14.3 Å². The number of amides is 2. The number of nitrogens with one attached hydrogen (secondary N) is 1. The first-order valence-corrected chi connectivity index (χ1v) is 7.28. The molecule has 0 bridgehead atoms. The lowest BCUT2D eigenvalue weighted by Crippen LogP contribution is -2.43. The van der Waals surface area contributed by atoms with Gasteiger partial charge in [0.05, 0.1) is 7.11 Å². The van der Waals surface area contributed by atoms with E-state index in [1.165, 1.54) is 17.6 Å². The highest BCUT2D eigenvalue weighted by Gasteiger charge is 2.34.